The highest BCUT2D eigenvalue weighted by atomic mass is 16.7. The van der Waals surface area contributed by atoms with E-state index in [1.165, 1.54) is 154 Å². The van der Waals surface area contributed by atoms with Crippen molar-refractivity contribution in [3.05, 3.63) is 0 Å². The van der Waals surface area contributed by atoms with Gasteiger partial charge in [-0.05, 0) is 282 Å². The van der Waals surface area contributed by atoms with Gasteiger partial charge in [-0.2, -0.15) is 0 Å². The first-order valence-electron chi connectivity index (χ1n) is 57.5. The van der Waals surface area contributed by atoms with Gasteiger partial charge in [-0.3, -0.25) is 19.2 Å². The minimum absolute atomic E-state index is 0.0277. The van der Waals surface area contributed by atoms with Crippen LogP contribution in [0.1, 0.15) is 232 Å². The minimum Gasteiger partial charge on any atom is -0.463 e. The van der Waals surface area contributed by atoms with Gasteiger partial charge in [0, 0.05) is 26.4 Å². The number of hydrogen-bond acceptors (Lipinski definition) is 33. The van der Waals surface area contributed by atoms with Gasteiger partial charge in [0.2, 0.25) is 0 Å². The van der Waals surface area contributed by atoms with Gasteiger partial charge in [0.1, 0.15) is 112 Å². The standard InChI is InChI=1S/C21H36O4.C18H28O4.C18H30O4.C14H18O7.C14H20O6.C14H24O4.C12H20O4/c1-21(2,15-3-7-17(8-4-15)22-11-19-13-24-19)16-5-9-18(10-6-16)23-12-20-14-25-20;1-11(5-19-7-14-9-21-14)2-18-16(1)12-3-13(17(18)4-12)6-20-8-15-10-22-15;1-5-15(19-9-17-11-21-17)6-2-13(1)14-3-7-16(8-4-14)20-10-18-12-22-18;15-13(19-5-7-3-17-7)9-1-11-12(21-11)2-10(9)14(16)20-6-8-4-18-8;15-13(19-7-9-5-17-9)11-3-1-2-4-12(11)14(16)20-8-10-6-18-10;1-2-12(6-16-8-14-10-18-14)4-3-11(1)5-15-7-13-9-17-13;1-2-10(14-6-12-8-16-12)4-3-9(1)13-5-11-7-15-11/h15-20H,3-14H2,1-2H3;11-18H,1-10H2;13-18H,1-12H2;7-12H,1-6H2;9-12H,1-8H2;11-14H,1-10H2;9-12H,1-8H2. The minimum atomic E-state index is -0.472. The zero-order chi connectivity index (χ0) is 97.9. The Morgan fingerprint density at radius 3 is 0.771 bits per heavy atom. The first-order valence-corrected chi connectivity index (χ1v) is 57.5. The molecule has 15 aliphatic heterocycles. The molecule has 26 rings (SSSR count). The van der Waals surface area contributed by atoms with Crippen LogP contribution in [0.15, 0.2) is 0 Å². The average molecular weight is 2040 g/mol. The van der Waals surface area contributed by atoms with E-state index in [-0.39, 0.29) is 85.6 Å². The Balaban J connectivity index is 0.000000103. The van der Waals surface area contributed by atoms with Crippen molar-refractivity contribution < 1.29 is 157 Å². The van der Waals surface area contributed by atoms with E-state index in [0.717, 1.165) is 268 Å². The third kappa shape index (κ3) is 37.3. The number of esters is 4. The second kappa shape index (κ2) is 53.8. The van der Waals surface area contributed by atoms with Crippen molar-refractivity contribution in [2.45, 2.75) is 366 Å². The van der Waals surface area contributed by atoms with Crippen molar-refractivity contribution >= 4 is 23.9 Å². The summed E-state index contributed by atoms with van der Waals surface area (Å²) in [6.45, 7) is 29.7. The number of rotatable bonds is 49. The van der Waals surface area contributed by atoms with Crippen molar-refractivity contribution in [1.82, 2.24) is 0 Å². The van der Waals surface area contributed by atoms with E-state index in [2.05, 4.69) is 13.8 Å². The summed E-state index contributed by atoms with van der Waals surface area (Å²) in [7, 11) is 0. The van der Waals surface area contributed by atoms with Gasteiger partial charge in [0.05, 0.1) is 231 Å². The molecule has 26 fully saturated rings. The molecule has 0 aromatic carbocycles. The molecule has 0 radical (unpaired) electrons. The molecule has 26 unspecified atom stereocenters. The highest BCUT2D eigenvalue weighted by Crippen LogP contribution is 2.63. The summed E-state index contributed by atoms with van der Waals surface area (Å²) in [6, 6.07) is 0. The van der Waals surface area contributed by atoms with Crippen molar-refractivity contribution in [3.63, 3.8) is 0 Å². The fraction of sp³-hybridized carbons (Fsp3) is 0.964. The Kier molecular flexibility index (Phi) is 40.3. The predicted molar refractivity (Wildman–Crippen MR) is 517 cm³/mol. The summed E-state index contributed by atoms with van der Waals surface area (Å²) in [5.74, 6) is 7.67. The van der Waals surface area contributed by atoms with Crippen molar-refractivity contribution in [2.24, 2.45) is 100 Å². The van der Waals surface area contributed by atoms with E-state index in [0.29, 0.717) is 168 Å². The molecular formula is C111H176O33. The molecule has 33 nitrogen and oxygen atoms in total. The van der Waals surface area contributed by atoms with Crippen LogP contribution in [-0.4, -0.2) is 370 Å². The maximum absolute atomic E-state index is 12.2. The number of carbonyl (C=O) groups excluding carboxylic acids is 4. The molecule has 33 heteroatoms. The molecule has 26 atom stereocenters. The first-order chi connectivity index (χ1) is 70.6. The predicted octanol–water partition coefficient (Wildman–Crippen LogP) is 12.1. The molecule has 818 valence electrons. The normalized spacial score (nSPS) is 42.5. The maximum Gasteiger partial charge on any atom is 0.310 e. The molecule has 11 aliphatic carbocycles. The Bertz CT molecular complexity index is 3570. The van der Waals surface area contributed by atoms with Crippen LogP contribution < -0.4 is 0 Å². The maximum atomic E-state index is 12.2. The number of hydrogen-bond donors (Lipinski definition) is 0. The lowest BCUT2D eigenvalue weighted by molar-refractivity contribution is -0.163. The Morgan fingerprint density at radius 2 is 0.472 bits per heavy atom. The summed E-state index contributed by atoms with van der Waals surface area (Å²) < 4.78 is 157. The van der Waals surface area contributed by atoms with E-state index in [1.54, 1.807) is 0 Å². The summed E-state index contributed by atoms with van der Waals surface area (Å²) in [4.78, 5) is 48.6. The summed E-state index contributed by atoms with van der Waals surface area (Å²) in [5, 5.41) is 0. The van der Waals surface area contributed by atoms with Gasteiger partial charge >= 0.3 is 23.9 Å². The molecule has 11 saturated carbocycles. The second-order valence-corrected chi connectivity index (χ2v) is 47.9. The third-order valence-corrected chi connectivity index (χ3v) is 36.0. The van der Waals surface area contributed by atoms with Crippen LogP contribution in [0.2, 0.25) is 0 Å². The topological polar surface area (TPSA) is 385 Å². The highest BCUT2D eigenvalue weighted by Gasteiger charge is 2.58. The fourth-order valence-electron chi connectivity index (χ4n) is 25.3. The molecule has 0 amide bonds. The SMILES string of the molecule is C(OCC1CO1)C1CC2C3CC(COCC4CO4)C(C3)C2C1.C1CC(C2CCC(OCC3CO3)CC2)CCC1OCC1CO1.C1CC(COCC2CO2)CCC1COCC1CO1.C1CC(OCC2CO2)CCC1OCC1CO1.CC(C)(C1CCC(OCC2CO2)CC1)C1CCC(OCC2CO2)CC1.O=C(OCC1CO1)C1CC2OC2CC1C(=O)OCC1CO1.O=C(OCC1CO1)C1CCCCC1C(=O)OCC1CO1. The second-order valence-electron chi connectivity index (χ2n) is 47.9. The van der Waals surface area contributed by atoms with Crippen LogP contribution in [0.25, 0.3) is 0 Å². The number of carbonyl (C=O) groups is 4. The molecule has 144 heavy (non-hydrogen) atoms. The monoisotopic (exact) mass is 2040 g/mol. The zero-order valence-corrected chi connectivity index (χ0v) is 86.6. The Labute approximate surface area is 854 Å². The van der Waals surface area contributed by atoms with Gasteiger partial charge in [0.15, 0.2) is 0 Å². The molecule has 15 heterocycles. The quantitative estimate of drug-likeness (QED) is 0.0310. The lowest BCUT2D eigenvalue weighted by atomic mass is 9.60. The van der Waals surface area contributed by atoms with Crippen LogP contribution in [0, 0.1) is 100 Å². The fourth-order valence-corrected chi connectivity index (χ4v) is 25.3. The van der Waals surface area contributed by atoms with E-state index in [4.69, 9.17) is 137 Å². The largest absolute Gasteiger partial charge is 0.463 e. The van der Waals surface area contributed by atoms with Gasteiger partial charge in [-0.15, -0.1) is 0 Å². The molecular weight excluding hydrogens is 1860 g/mol. The Hall–Kier alpha value is -3.12. The summed E-state index contributed by atoms with van der Waals surface area (Å²) in [5.41, 5.74) is 0.454. The lowest BCUT2D eigenvalue weighted by Crippen LogP contribution is -2.39. The number of ether oxygens (including phenoxy) is 29. The smallest absolute Gasteiger partial charge is 0.310 e. The summed E-state index contributed by atoms with van der Waals surface area (Å²) >= 11 is 0. The van der Waals surface area contributed by atoms with E-state index in [9.17, 15) is 19.2 Å². The van der Waals surface area contributed by atoms with Crippen molar-refractivity contribution in [2.75, 3.05) is 211 Å². The van der Waals surface area contributed by atoms with Crippen LogP contribution in [0.3, 0.4) is 0 Å². The van der Waals surface area contributed by atoms with Crippen molar-refractivity contribution in [1.29, 1.82) is 0 Å². The molecule has 26 aliphatic rings. The van der Waals surface area contributed by atoms with Crippen LogP contribution in [0.4, 0.5) is 0 Å². The number of fused-ring (bicyclic) bond motifs is 6. The van der Waals surface area contributed by atoms with Gasteiger partial charge in [-0.1, -0.05) is 26.7 Å². The van der Waals surface area contributed by atoms with E-state index >= 15 is 0 Å². The van der Waals surface area contributed by atoms with Crippen LogP contribution in [0.5, 0.6) is 0 Å². The molecule has 15 saturated heterocycles. The first kappa shape index (κ1) is 108. The average Bonchev–Trinajstić information content (AvgIpc) is 1.58. The van der Waals surface area contributed by atoms with Crippen LogP contribution >= 0.6 is 0 Å². The molecule has 0 aromatic heterocycles. The van der Waals surface area contributed by atoms with Gasteiger partial charge in [0.25, 0.3) is 0 Å². The molecule has 0 spiro atoms. The van der Waals surface area contributed by atoms with Crippen LogP contribution in [-0.2, 0) is 157 Å². The zero-order valence-electron chi connectivity index (χ0n) is 86.6. The van der Waals surface area contributed by atoms with E-state index in [1.807, 2.05) is 0 Å². The lowest BCUT2D eigenvalue weighted by Gasteiger charge is -2.46. The van der Waals surface area contributed by atoms with Gasteiger partial charge < -0.3 is 137 Å². The molecule has 2 bridgehead atoms. The molecule has 0 aromatic rings. The van der Waals surface area contributed by atoms with Gasteiger partial charge in [-0.25, -0.2) is 0 Å². The number of epoxide rings is 15. The Morgan fingerprint density at radius 1 is 0.222 bits per heavy atom. The van der Waals surface area contributed by atoms with Crippen molar-refractivity contribution in [3.8, 4) is 0 Å². The third-order valence-electron chi connectivity index (χ3n) is 36.0. The highest BCUT2D eigenvalue weighted by molar-refractivity contribution is 5.83. The summed E-state index contributed by atoms with van der Waals surface area (Å²) in [6.07, 6.45) is 47.7. The van der Waals surface area contributed by atoms with E-state index < -0.39 is 11.8 Å². The molecule has 0 N–H and O–H groups in total.